The summed E-state index contributed by atoms with van der Waals surface area (Å²) in [5, 5.41) is 9.25. The maximum Gasteiger partial charge on any atom is 0.0522 e. The maximum absolute atomic E-state index is 9.25. The van der Waals surface area contributed by atoms with Crippen molar-refractivity contribution in [2.75, 3.05) is 6.61 Å². The van der Waals surface area contributed by atoms with Crippen molar-refractivity contribution in [2.45, 2.75) is 32.6 Å². The van der Waals surface area contributed by atoms with Gasteiger partial charge in [-0.1, -0.05) is 48.8 Å². The molecule has 1 aromatic rings. The fraction of sp³-hybridized carbons (Fsp3) is 0.500. The van der Waals surface area contributed by atoms with Crippen molar-refractivity contribution in [1.29, 1.82) is 0 Å². The fourth-order valence-electron chi connectivity index (χ4n) is 1.35. The minimum Gasteiger partial charge on any atom is -0.395 e. The van der Waals surface area contributed by atoms with Crippen LogP contribution in [0.1, 0.15) is 31.9 Å². The van der Waals surface area contributed by atoms with Crippen molar-refractivity contribution < 1.29 is 5.11 Å². The molecule has 1 nitrogen and oxygen atoms in total. The Morgan fingerprint density at radius 2 is 2.00 bits per heavy atom. The Hall–Kier alpha value is -0.340. The van der Waals surface area contributed by atoms with Gasteiger partial charge in [-0.05, 0) is 23.6 Å². The summed E-state index contributed by atoms with van der Waals surface area (Å²) in [4.78, 5) is 0. The molecule has 0 atom stereocenters. The molecule has 0 radical (unpaired) electrons. The third kappa shape index (κ3) is 2.37. The number of aliphatic hydroxyl groups excluding tert-OH is 1. The van der Waals surface area contributed by atoms with E-state index < -0.39 is 0 Å². The van der Waals surface area contributed by atoms with Gasteiger partial charge in [-0.3, -0.25) is 0 Å². The van der Waals surface area contributed by atoms with Crippen molar-refractivity contribution in [3.8, 4) is 0 Å². The molecule has 0 spiro atoms. The number of halogens is 1. The lowest BCUT2D eigenvalue weighted by atomic mass is 9.85. The summed E-state index contributed by atoms with van der Waals surface area (Å²) in [5.41, 5.74) is 2.32. The quantitative estimate of drug-likeness (QED) is 0.881. The lowest BCUT2D eigenvalue weighted by Gasteiger charge is -2.23. The average Bonchev–Trinajstić information content (AvgIpc) is 2.17. The number of benzene rings is 1. The van der Waals surface area contributed by atoms with Gasteiger partial charge < -0.3 is 5.11 Å². The first kappa shape index (κ1) is 11.7. The monoisotopic (exact) mass is 256 g/mol. The maximum atomic E-state index is 9.25. The van der Waals surface area contributed by atoms with Crippen LogP contribution in [0.25, 0.3) is 0 Å². The second-order valence-electron chi connectivity index (χ2n) is 4.20. The molecular weight excluding hydrogens is 240 g/mol. The Morgan fingerprint density at radius 3 is 2.43 bits per heavy atom. The van der Waals surface area contributed by atoms with Crippen LogP contribution in [0.2, 0.25) is 0 Å². The van der Waals surface area contributed by atoms with Gasteiger partial charge in [0.25, 0.3) is 0 Å². The molecule has 0 fully saturated rings. The number of aliphatic hydroxyl groups is 1. The molecule has 78 valence electrons. The summed E-state index contributed by atoms with van der Waals surface area (Å²) in [6.07, 6.45) is 1.03. The van der Waals surface area contributed by atoms with E-state index in [1.165, 1.54) is 11.1 Å². The van der Waals surface area contributed by atoms with Gasteiger partial charge in [-0.2, -0.15) is 0 Å². The van der Waals surface area contributed by atoms with E-state index in [2.05, 4.69) is 41.1 Å². The second-order valence-corrected chi connectivity index (χ2v) is 5.06. The third-order valence-electron chi connectivity index (χ3n) is 2.61. The summed E-state index contributed by atoms with van der Waals surface area (Å²) in [5.74, 6) is 0. The van der Waals surface area contributed by atoms with Gasteiger partial charge in [0, 0.05) is 9.89 Å². The molecule has 0 aliphatic rings. The Labute approximate surface area is 94.3 Å². The van der Waals surface area contributed by atoms with Gasteiger partial charge in [0.1, 0.15) is 0 Å². The largest absolute Gasteiger partial charge is 0.395 e. The van der Waals surface area contributed by atoms with Crippen LogP contribution in [0.5, 0.6) is 0 Å². The molecule has 0 saturated heterocycles. The molecular formula is C12H17BrO. The topological polar surface area (TPSA) is 20.2 Å². The first-order chi connectivity index (χ1) is 6.51. The normalized spacial score (nSPS) is 11.8. The smallest absolute Gasteiger partial charge is 0.0522 e. The predicted molar refractivity (Wildman–Crippen MR) is 63.6 cm³/mol. The van der Waals surface area contributed by atoms with E-state index in [1.807, 2.05) is 13.8 Å². The summed E-state index contributed by atoms with van der Waals surface area (Å²) < 4.78 is 1.14. The minimum atomic E-state index is -0.158. The van der Waals surface area contributed by atoms with E-state index in [0.29, 0.717) is 0 Å². The van der Waals surface area contributed by atoms with E-state index in [0.717, 1.165) is 10.9 Å². The molecule has 2 heteroatoms. The van der Waals surface area contributed by atoms with Crippen LogP contribution >= 0.6 is 15.9 Å². The standard InChI is InChI=1S/C12H17BrO/c1-4-9-5-6-10(7-11(9)13)12(2,3)8-14/h5-7,14H,4,8H2,1-3H3. The van der Waals surface area contributed by atoms with E-state index in [9.17, 15) is 5.11 Å². The Morgan fingerprint density at radius 1 is 1.36 bits per heavy atom. The number of aryl methyl sites for hydroxylation is 1. The van der Waals surface area contributed by atoms with Gasteiger partial charge >= 0.3 is 0 Å². The predicted octanol–water partition coefficient (Wildman–Crippen LogP) is 3.28. The first-order valence-electron chi connectivity index (χ1n) is 4.91. The van der Waals surface area contributed by atoms with Crippen LogP contribution in [0, 0.1) is 0 Å². The van der Waals surface area contributed by atoms with Gasteiger partial charge in [0.2, 0.25) is 0 Å². The van der Waals surface area contributed by atoms with Crippen molar-refractivity contribution in [1.82, 2.24) is 0 Å². The van der Waals surface area contributed by atoms with E-state index in [4.69, 9.17) is 0 Å². The highest BCUT2D eigenvalue weighted by Crippen LogP contribution is 2.27. The lowest BCUT2D eigenvalue weighted by Crippen LogP contribution is -2.22. The highest BCUT2D eigenvalue weighted by Gasteiger charge is 2.19. The summed E-state index contributed by atoms with van der Waals surface area (Å²) in [6, 6.07) is 6.33. The summed E-state index contributed by atoms with van der Waals surface area (Å²) in [6.45, 7) is 6.39. The van der Waals surface area contributed by atoms with E-state index in [1.54, 1.807) is 0 Å². The first-order valence-corrected chi connectivity index (χ1v) is 5.70. The molecule has 0 bridgehead atoms. The Balaban J connectivity index is 3.08. The van der Waals surface area contributed by atoms with Gasteiger partial charge in [0.05, 0.1) is 6.61 Å². The molecule has 0 saturated carbocycles. The van der Waals surface area contributed by atoms with Crippen LogP contribution in [-0.4, -0.2) is 11.7 Å². The molecule has 14 heavy (non-hydrogen) atoms. The van der Waals surface area contributed by atoms with Gasteiger partial charge in [0.15, 0.2) is 0 Å². The highest BCUT2D eigenvalue weighted by molar-refractivity contribution is 9.10. The van der Waals surface area contributed by atoms with Crippen LogP contribution in [0.15, 0.2) is 22.7 Å². The molecule has 1 rings (SSSR count). The van der Waals surface area contributed by atoms with Crippen LogP contribution in [0.4, 0.5) is 0 Å². The second kappa shape index (κ2) is 4.45. The molecule has 0 amide bonds. The van der Waals surface area contributed by atoms with Crippen LogP contribution in [0.3, 0.4) is 0 Å². The zero-order chi connectivity index (χ0) is 10.8. The van der Waals surface area contributed by atoms with Crippen molar-refractivity contribution in [3.63, 3.8) is 0 Å². The molecule has 0 heterocycles. The Kier molecular flexibility index (Phi) is 3.73. The average molecular weight is 257 g/mol. The van der Waals surface area contributed by atoms with Crippen molar-refractivity contribution in [2.24, 2.45) is 0 Å². The van der Waals surface area contributed by atoms with Gasteiger partial charge in [-0.25, -0.2) is 0 Å². The SMILES string of the molecule is CCc1ccc(C(C)(C)CO)cc1Br. The minimum absolute atomic E-state index is 0.158. The van der Waals surface area contributed by atoms with E-state index in [-0.39, 0.29) is 12.0 Å². The number of rotatable bonds is 3. The van der Waals surface area contributed by atoms with Crippen molar-refractivity contribution in [3.05, 3.63) is 33.8 Å². The molecule has 0 aromatic heterocycles. The van der Waals surface area contributed by atoms with Crippen LogP contribution in [-0.2, 0) is 11.8 Å². The molecule has 0 unspecified atom stereocenters. The summed E-state index contributed by atoms with van der Waals surface area (Å²) >= 11 is 3.55. The third-order valence-corrected chi connectivity index (χ3v) is 3.35. The molecule has 0 aliphatic heterocycles. The van der Waals surface area contributed by atoms with E-state index >= 15 is 0 Å². The van der Waals surface area contributed by atoms with Crippen LogP contribution < -0.4 is 0 Å². The molecule has 1 N–H and O–H groups in total. The summed E-state index contributed by atoms with van der Waals surface area (Å²) in [7, 11) is 0. The fourth-order valence-corrected chi connectivity index (χ4v) is 2.01. The number of hydrogen-bond donors (Lipinski definition) is 1. The highest BCUT2D eigenvalue weighted by atomic mass is 79.9. The molecule has 0 aliphatic carbocycles. The van der Waals surface area contributed by atoms with Crippen molar-refractivity contribution >= 4 is 15.9 Å². The lowest BCUT2D eigenvalue weighted by molar-refractivity contribution is 0.218. The number of hydrogen-bond acceptors (Lipinski definition) is 1. The molecule has 1 aromatic carbocycles. The zero-order valence-electron chi connectivity index (χ0n) is 8.97. The zero-order valence-corrected chi connectivity index (χ0v) is 10.6. The Bertz CT molecular complexity index is 318. The van der Waals surface area contributed by atoms with Gasteiger partial charge in [-0.15, -0.1) is 0 Å².